The van der Waals surface area contributed by atoms with Crippen LogP contribution in [0.2, 0.25) is 0 Å². The van der Waals surface area contributed by atoms with Crippen LogP contribution in [-0.2, 0) is 14.8 Å². The van der Waals surface area contributed by atoms with Crippen molar-refractivity contribution < 1.29 is 27.2 Å². The van der Waals surface area contributed by atoms with Crippen molar-refractivity contribution >= 4 is 33.5 Å². The fraction of sp³-hybridized carbons (Fsp3) is 0.217. The second kappa shape index (κ2) is 10.7. The first-order chi connectivity index (χ1) is 15.8. The highest BCUT2D eigenvalue weighted by Crippen LogP contribution is 2.29. The van der Waals surface area contributed by atoms with Crippen molar-refractivity contribution in [1.82, 2.24) is 5.16 Å². The monoisotopic (exact) mass is 471 g/mol. The summed E-state index contributed by atoms with van der Waals surface area (Å²) in [7, 11) is -3.83. The molecule has 0 saturated carbocycles. The second-order valence-corrected chi connectivity index (χ2v) is 8.53. The minimum Gasteiger partial charge on any atom is -0.490 e. The van der Waals surface area contributed by atoms with E-state index in [-0.39, 0.29) is 16.6 Å². The number of carbonyl (C=O) groups excluding carboxylic acids is 1. The number of nitrogens with one attached hydrogen (secondary N) is 2. The molecule has 0 aliphatic carbocycles. The van der Waals surface area contributed by atoms with Gasteiger partial charge in [0.15, 0.2) is 17.3 Å². The minimum absolute atomic E-state index is 0.0227. The molecule has 174 valence electrons. The van der Waals surface area contributed by atoms with Crippen molar-refractivity contribution in [2.75, 3.05) is 23.3 Å². The van der Waals surface area contributed by atoms with E-state index in [1.165, 1.54) is 36.4 Å². The van der Waals surface area contributed by atoms with Crippen LogP contribution in [0, 0.1) is 6.92 Å². The van der Waals surface area contributed by atoms with Crippen molar-refractivity contribution in [2.24, 2.45) is 0 Å². The summed E-state index contributed by atoms with van der Waals surface area (Å²) >= 11 is 0. The average Bonchev–Trinajstić information content (AvgIpc) is 3.18. The van der Waals surface area contributed by atoms with Crippen molar-refractivity contribution in [3.8, 4) is 11.5 Å². The average molecular weight is 472 g/mol. The van der Waals surface area contributed by atoms with E-state index in [0.29, 0.717) is 36.2 Å². The second-order valence-electron chi connectivity index (χ2n) is 6.85. The van der Waals surface area contributed by atoms with Gasteiger partial charge < -0.3 is 19.3 Å². The Hall–Kier alpha value is -3.79. The minimum atomic E-state index is -3.83. The number of hydrogen-bond acceptors (Lipinski definition) is 7. The Balaban J connectivity index is 1.63. The lowest BCUT2D eigenvalue weighted by Gasteiger charge is -2.11. The zero-order valence-electron chi connectivity index (χ0n) is 18.5. The zero-order valence-corrected chi connectivity index (χ0v) is 19.3. The first-order valence-corrected chi connectivity index (χ1v) is 11.7. The van der Waals surface area contributed by atoms with Crippen molar-refractivity contribution in [2.45, 2.75) is 25.7 Å². The van der Waals surface area contributed by atoms with E-state index < -0.39 is 10.0 Å². The number of sulfonamides is 1. The third-order valence-electron chi connectivity index (χ3n) is 4.29. The van der Waals surface area contributed by atoms with E-state index in [4.69, 9.17) is 14.0 Å². The van der Waals surface area contributed by atoms with E-state index in [1.807, 2.05) is 19.9 Å². The summed E-state index contributed by atoms with van der Waals surface area (Å²) in [4.78, 5) is 12.3. The van der Waals surface area contributed by atoms with Crippen LogP contribution in [0.5, 0.6) is 11.5 Å². The number of rotatable bonds is 10. The maximum Gasteiger partial charge on any atom is 0.263 e. The number of aromatic nitrogens is 1. The number of carbonyl (C=O) groups is 1. The summed E-state index contributed by atoms with van der Waals surface area (Å²) in [5, 5.41) is 6.30. The normalized spacial score (nSPS) is 11.4. The summed E-state index contributed by atoms with van der Waals surface area (Å²) in [6, 6.07) is 12.6. The van der Waals surface area contributed by atoms with Crippen LogP contribution < -0.4 is 19.5 Å². The smallest absolute Gasteiger partial charge is 0.263 e. The molecule has 0 spiro atoms. The molecule has 0 aliphatic heterocycles. The molecule has 0 bridgehead atoms. The fourth-order valence-electron chi connectivity index (χ4n) is 2.86. The Morgan fingerprint density at radius 2 is 1.73 bits per heavy atom. The van der Waals surface area contributed by atoms with Gasteiger partial charge in [0.25, 0.3) is 10.0 Å². The summed E-state index contributed by atoms with van der Waals surface area (Å²) in [6.45, 7) is 6.45. The molecule has 2 aromatic carbocycles. The number of benzene rings is 2. The molecule has 0 atom stereocenters. The summed E-state index contributed by atoms with van der Waals surface area (Å²) in [5.41, 5.74) is 1.22. The number of nitrogens with zero attached hydrogens (tertiary/aromatic N) is 1. The predicted molar refractivity (Wildman–Crippen MR) is 125 cm³/mol. The Kier molecular flexibility index (Phi) is 7.73. The van der Waals surface area contributed by atoms with Crippen molar-refractivity contribution in [1.29, 1.82) is 0 Å². The van der Waals surface area contributed by atoms with E-state index in [1.54, 1.807) is 25.1 Å². The van der Waals surface area contributed by atoms with E-state index in [9.17, 15) is 13.2 Å². The summed E-state index contributed by atoms with van der Waals surface area (Å²) in [6.07, 6.45) is 3.03. The molecule has 33 heavy (non-hydrogen) atoms. The molecule has 0 saturated heterocycles. The van der Waals surface area contributed by atoms with Gasteiger partial charge in [0.1, 0.15) is 5.76 Å². The largest absolute Gasteiger partial charge is 0.490 e. The van der Waals surface area contributed by atoms with E-state index >= 15 is 0 Å². The maximum absolute atomic E-state index is 12.4. The molecule has 3 rings (SSSR count). The van der Waals surface area contributed by atoms with Gasteiger partial charge in [-0.15, -0.1) is 0 Å². The first-order valence-electron chi connectivity index (χ1n) is 10.3. The van der Waals surface area contributed by atoms with Crippen LogP contribution in [0.25, 0.3) is 6.08 Å². The van der Waals surface area contributed by atoms with Crippen LogP contribution in [0.15, 0.2) is 64.0 Å². The molecule has 1 heterocycles. The molecule has 2 N–H and O–H groups in total. The molecule has 0 unspecified atom stereocenters. The molecule has 9 nitrogen and oxygen atoms in total. The van der Waals surface area contributed by atoms with Gasteiger partial charge in [-0.1, -0.05) is 11.2 Å². The predicted octanol–water partition coefficient (Wildman–Crippen LogP) is 4.23. The maximum atomic E-state index is 12.4. The van der Waals surface area contributed by atoms with Crippen molar-refractivity contribution in [3.63, 3.8) is 0 Å². The number of anilines is 2. The highest BCUT2D eigenvalue weighted by molar-refractivity contribution is 7.92. The molecular formula is C23H25N3O6S. The molecule has 3 aromatic rings. The molecule has 1 amide bonds. The fourth-order valence-corrected chi connectivity index (χ4v) is 3.84. The molecule has 0 fully saturated rings. The van der Waals surface area contributed by atoms with Gasteiger partial charge in [0.05, 0.1) is 18.1 Å². The Bertz CT molecular complexity index is 1230. The standard InChI is InChI=1S/C23H25N3O6S/c1-4-30-20-12-6-17(15-21(20)31-5-2)7-13-23(27)24-18-8-10-19(11-9-18)33(28,29)26-22-14-16(3)32-25-22/h6-15H,4-5H2,1-3H3,(H,24,27)(H,25,26). The summed E-state index contributed by atoms with van der Waals surface area (Å²) < 4.78 is 43.2. The molecule has 1 aromatic heterocycles. The lowest BCUT2D eigenvalue weighted by molar-refractivity contribution is -0.111. The lowest BCUT2D eigenvalue weighted by Crippen LogP contribution is -2.13. The van der Waals surface area contributed by atoms with Gasteiger partial charge in [0.2, 0.25) is 5.91 Å². The van der Waals surface area contributed by atoms with Gasteiger partial charge in [-0.05, 0) is 68.8 Å². The first kappa shape index (κ1) is 23.9. The lowest BCUT2D eigenvalue weighted by atomic mass is 10.2. The SMILES string of the molecule is CCOc1ccc(C=CC(=O)Nc2ccc(S(=O)(=O)Nc3cc(C)on3)cc2)cc1OCC. The van der Waals surface area contributed by atoms with E-state index in [2.05, 4.69) is 15.2 Å². The highest BCUT2D eigenvalue weighted by Gasteiger charge is 2.16. The van der Waals surface area contributed by atoms with Crippen LogP contribution in [0.3, 0.4) is 0 Å². The summed E-state index contributed by atoms with van der Waals surface area (Å²) in [5.74, 6) is 1.46. The number of hydrogen-bond donors (Lipinski definition) is 2. The van der Waals surface area contributed by atoms with Crippen molar-refractivity contribution in [3.05, 3.63) is 65.9 Å². The van der Waals surface area contributed by atoms with Gasteiger partial charge >= 0.3 is 0 Å². The van der Waals surface area contributed by atoms with Crippen LogP contribution in [0.4, 0.5) is 11.5 Å². The number of ether oxygens (including phenoxy) is 2. The zero-order chi connectivity index (χ0) is 23.8. The quantitative estimate of drug-likeness (QED) is 0.425. The molecule has 10 heteroatoms. The molecule has 0 radical (unpaired) electrons. The topological polar surface area (TPSA) is 120 Å². The number of aryl methyl sites for hydroxylation is 1. The van der Waals surface area contributed by atoms with Gasteiger partial charge in [0, 0.05) is 17.8 Å². The Morgan fingerprint density at radius 1 is 1.03 bits per heavy atom. The Morgan fingerprint density at radius 3 is 2.36 bits per heavy atom. The third kappa shape index (κ3) is 6.59. The van der Waals surface area contributed by atoms with Crippen LogP contribution >= 0.6 is 0 Å². The van der Waals surface area contributed by atoms with Gasteiger partial charge in [-0.2, -0.15) is 0 Å². The van der Waals surface area contributed by atoms with Gasteiger partial charge in [-0.3, -0.25) is 9.52 Å². The highest BCUT2D eigenvalue weighted by atomic mass is 32.2. The van der Waals surface area contributed by atoms with Gasteiger partial charge in [-0.25, -0.2) is 8.42 Å². The molecule has 0 aliphatic rings. The van der Waals surface area contributed by atoms with E-state index in [0.717, 1.165) is 5.56 Å². The van der Waals surface area contributed by atoms with Crippen LogP contribution in [0.1, 0.15) is 25.2 Å². The molecular weight excluding hydrogens is 446 g/mol. The van der Waals surface area contributed by atoms with Crippen LogP contribution in [-0.4, -0.2) is 32.7 Å². The number of amides is 1. The third-order valence-corrected chi connectivity index (χ3v) is 5.66. The Labute approximate surface area is 192 Å².